The van der Waals surface area contributed by atoms with Gasteiger partial charge in [-0.1, -0.05) is 6.42 Å². The van der Waals surface area contributed by atoms with E-state index in [1.165, 1.54) is 19.3 Å². The van der Waals surface area contributed by atoms with E-state index in [4.69, 9.17) is 5.73 Å². The number of rotatable bonds is 4. The van der Waals surface area contributed by atoms with E-state index in [2.05, 4.69) is 10.6 Å². The minimum Gasteiger partial charge on any atom is -0.352 e. The third kappa shape index (κ3) is 3.23. The minimum atomic E-state index is -0.444. The van der Waals surface area contributed by atoms with Gasteiger partial charge in [0, 0.05) is 19.1 Å². The number of hydrogen-bond donors (Lipinski definition) is 3. The van der Waals surface area contributed by atoms with Crippen LogP contribution in [0.5, 0.6) is 0 Å². The Balaban J connectivity index is 1.83. The van der Waals surface area contributed by atoms with Gasteiger partial charge in [0.2, 0.25) is 0 Å². The molecule has 11 heavy (non-hydrogen) atoms. The van der Waals surface area contributed by atoms with Crippen LogP contribution in [0.2, 0.25) is 0 Å². The molecule has 0 atom stereocenters. The molecule has 0 bridgehead atoms. The molecule has 1 fully saturated rings. The Labute approximate surface area is 66.5 Å². The van der Waals surface area contributed by atoms with Gasteiger partial charge in [-0.3, -0.25) is 0 Å². The third-order valence-corrected chi connectivity index (χ3v) is 1.96. The summed E-state index contributed by atoms with van der Waals surface area (Å²) in [6.45, 7) is 1.46. The first-order valence-electron chi connectivity index (χ1n) is 4.06. The van der Waals surface area contributed by atoms with E-state index < -0.39 is 6.03 Å². The van der Waals surface area contributed by atoms with Crippen molar-refractivity contribution in [2.45, 2.75) is 25.3 Å². The van der Waals surface area contributed by atoms with Crippen molar-refractivity contribution in [2.75, 3.05) is 13.1 Å². The fourth-order valence-electron chi connectivity index (χ4n) is 1.07. The van der Waals surface area contributed by atoms with Crippen molar-refractivity contribution in [1.82, 2.24) is 10.6 Å². The van der Waals surface area contributed by atoms with Crippen LogP contribution in [0.4, 0.5) is 4.79 Å². The second kappa shape index (κ2) is 4.18. The average Bonchev–Trinajstić information content (AvgIpc) is 1.82. The molecule has 1 saturated carbocycles. The highest BCUT2D eigenvalue weighted by atomic mass is 16.2. The van der Waals surface area contributed by atoms with Crippen LogP contribution in [0.25, 0.3) is 0 Å². The van der Waals surface area contributed by atoms with Crippen LogP contribution in [0.15, 0.2) is 0 Å². The Kier molecular flexibility index (Phi) is 3.16. The summed E-state index contributed by atoms with van der Waals surface area (Å²) in [5.74, 6) is 0. The summed E-state index contributed by atoms with van der Waals surface area (Å²) in [5, 5.41) is 5.83. The van der Waals surface area contributed by atoms with Crippen LogP contribution in [-0.4, -0.2) is 25.2 Å². The predicted molar refractivity (Wildman–Crippen MR) is 43.2 cm³/mol. The summed E-state index contributed by atoms with van der Waals surface area (Å²) in [6.07, 6.45) is 3.88. The zero-order valence-corrected chi connectivity index (χ0v) is 6.60. The molecule has 0 radical (unpaired) electrons. The Morgan fingerprint density at radius 1 is 1.45 bits per heavy atom. The first-order valence-corrected chi connectivity index (χ1v) is 4.06. The summed E-state index contributed by atoms with van der Waals surface area (Å²) in [6, 6.07) is 0.241. The molecular formula is C7H15N3O. The zero-order valence-electron chi connectivity index (χ0n) is 6.60. The second-order valence-corrected chi connectivity index (χ2v) is 2.87. The molecule has 4 N–H and O–H groups in total. The number of primary amides is 1. The first kappa shape index (κ1) is 8.33. The number of nitrogens with one attached hydrogen (secondary N) is 2. The van der Waals surface area contributed by atoms with E-state index in [1.807, 2.05) is 0 Å². The van der Waals surface area contributed by atoms with Gasteiger partial charge in [0.25, 0.3) is 0 Å². The van der Waals surface area contributed by atoms with Gasteiger partial charge >= 0.3 is 6.03 Å². The normalized spacial score (nSPS) is 17.5. The van der Waals surface area contributed by atoms with E-state index in [0.29, 0.717) is 12.6 Å². The molecule has 4 nitrogen and oxygen atoms in total. The molecule has 0 heterocycles. The van der Waals surface area contributed by atoms with Gasteiger partial charge in [-0.05, 0) is 12.8 Å². The number of carbonyl (C=O) groups is 1. The van der Waals surface area contributed by atoms with Gasteiger partial charge in [-0.2, -0.15) is 0 Å². The van der Waals surface area contributed by atoms with Crippen molar-refractivity contribution < 1.29 is 4.79 Å². The monoisotopic (exact) mass is 157 g/mol. The van der Waals surface area contributed by atoms with Crippen LogP contribution >= 0.6 is 0 Å². The number of amides is 2. The third-order valence-electron chi connectivity index (χ3n) is 1.96. The van der Waals surface area contributed by atoms with Gasteiger partial charge in [0.05, 0.1) is 0 Å². The Morgan fingerprint density at radius 2 is 2.18 bits per heavy atom. The molecule has 1 rings (SSSR count). The van der Waals surface area contributed by atoms with Gasteiger partial charge < -0.3 is 16.4 Å². The maximum absolute atomic E-state index is 10.2. The Bertz CT molecular complexity index is 134. The van der Waals surface area contributed by atoms with Gasteiger partial charge in [-0.25, -0.2) is 4.79 Å². The summed E-state index contributed by atoms with van der Waals surface area (Å²) >= 11 is 0. The smallest absolute Gasteiger partial charge is 0.312 e. The number of hydrogen-bond acceptors (Lipinski definition) is 2. The van der Waals surface area contributed by atoms with Crippen LogP contribution in [0.3, 0.4) is 0 Å². The minimum absolute atomic E-state index is 0.444. The topological polar surface area (TPSA) is 67.2 Å². The Morgan fingerprint density at radius 3 is 2.64 bits per heavy atom. The number of urea groups is 1. The highest BCUT2D eigenvalue weighted by Gasteiger charge is 2.15. The van der Waals surface area contributed by atoms with E-state index in [-0.39, 0.29) is 0 Å². The lowest BCUT2D eigenvalue weighted by molar-refractivity contribution is 0.248. The highest BCUT2D eigenvalue weighted by Crippen LogP contribution is 2.17. The molecule has 0 saturated heterocycles. The quantitative estimate of drug-likeness (QED) is 0.495. The van der Waals surface area contributed by atoms with Crippen LogP contribution in [-0.2, 0) is 0 Å². The molecule has 2 amide bonds. The van der Waals surface area contributed by atoms with Crippen LogP contribution in [0, 0.1) is 0 Å². The molecule has 64 valence electrons. The van der Waals surface area contributed by atoms with E-state index in [1.54, 1.807) is 0 Å². The van der Waals surface area contributed by atoms with Gasteiger partial charge in [0.1, 0.15) is 0 Å². The number of carbonyl (C=O) groups excluding carboxylic acids is 1. The molecule has 1 aliphatic rings. The summed E-state index contributed by atoms with van der Waals surface area (Å²) in [7, 11) is 0. The zero-order chi connectivity index (χ0) is 8.10. The molecule has 0 aliphatic heterocycles. The fraction of sp³-hybridized carbons (Fsp3) is 0.857. The Hall–Kier alpha value is -0.770. The summed E-state index contributed by atoms with van der Waals surface area (Å²) < 4.78 is 0. The maximum atomic E-state index is 10.2. The highest BCUT2D eigenvalue weighted by molar-refractivity contribution is 5.71. The number of nitrogens with two attached hydrogens (primary N) is 1. The fourth-order valence-corrected chi connectivity index (χ4v) is 1.07. The van der Waals surface area contributed by atoms with Crippen LogP contribution in [0.1, 0.15) is 19.3 Å². The van der Waals surface area contributed by atoms with Gasteiger partial charge in [-0.15, -0.1) is 0 Å². The molecule has 0 spiro atoms. The van der Waals surface area contributed by atoms with Crippen molar-refractivity contribution in [3.63, 3.8) is 0 Å². The van der Waals surface area contributed by atoms with E-state index >= 15 is 0 Å². The summed E-state index contributed by atoms with van der Waals surface area (Å²) in [4.78, 5) is 10.2. The van der Waals surface area contributed by atoms with Crippen molar-refractivity contribution in [3.05, 3.63) is 0 Å². The van der Waals surface area contributed by atoms with Gasteiger partial charge in [0.15, 0.2) is 0 Å². The lowest BCUT2D eigenvalue weighted by Crippen LogP contribution is -2.41. The van der Waals surface area contributed by atoms with Crippen LogP contribution < -0.4 is 16.4 Å². The second-order valence-electron chi connectivity index (χ2n) is 2.87. The molecule has 0 aromatic heterocycles. The molecule has 0 unspecified atom stereocenters. The summed E-state index contributed by atoms with van der Waals surface area (Å²) in [5.41, 5.74) is 4.88. The molecule has 1 aliphatic carbocycles. The molecule has 0 aromatic rings. The maximum Gasteiger partial charge on any atom is 0.312 e. The first-order chi connectivity index (χ1) is 5.29. The predicted octanol–water partition coefficient (Wildman–Crippen LogP) is -0.203. The molecule has 0 aromatic carbocycles. The molecular weight excluding hydrogens is 142 g/mol. The largest absolute Gasteiger partial charge is 0.352 e. The van der Waals surface area contributed by atoms with Crippen molar-refractivity contribution in [3.8, 4) is 0 Å². The van der Waals surface area contributed by atoms with Crippen molar-refractivity contribution in [2.24, 2.45) is 5.73 Å². The lowest BCUT2D eigenvalue weighted by Gasteiger charge is -2.26. The molecule has 4 heteroatoms. The van der Waals surface area contributed by atoms with Crippen molar-refractivity contribution in [1.29, 1.82) is 0 Å². The van der Waals surface area contributed by atoms with E-state index in [0.717, 1.165) is 6.54 Å². The van der Waals surface area contributed by atoms with E-state index in [9.17, 15) is 4.79 Å². The van der Waals surface area contributed by atoms with Crippen molar-refractivity contribution >= 4 is 6.03 Å². The lowest BCUT2D eigenvalue weighted by atomic mass is 9.93. The standard InChI is InChI=1S/C7H15N3O/c8-7(11)10-5-4-9-6-2-1-3-6/h6,9H,1-5H2,(H3,8,10,11). The SMILES string of the molecule is NC(=O)NCCNC1CCC1. The average molecular weight is 157 g/mol.